The number of piperidine rings is 1. The summed E-state index contributed by atoms with van der Waals surface area (Å²) in [6.07, 6.45) is 5.46. The van der Waals surface area contributed by atoms with Gasteiger partial charge < -0.3 is 15.5 Å². The second-order valence-electron chi connectivity index (χ2n) is 6.97. The van der Waals surface area contributed by atoms with Gasteiger partial charge in [0.2, 0.25) is 0 Å². The number of carbonyl (C=O) groups excluding carboxylic acids is 1. The third kappa shape index (κ3) is 4.49. The van der Waals surface area contributed by atoms with Gasteiger partial charge in [0.1, 0.15) is 5.82 Å². The zero-order chi connectivity index (χ0) is 19.2. The number of amides is 1. The van der Waals surface area contributed by atoms with Gasteiger partial charge in [-0.15, -0.1) is 0 Å². The number of pyridine rings is 1. The minimum atomic E-state index is -0.149. The highest BCUT2D eigenvalue weighted by molar-refractivity contribution is 6.04. The van der Waals surface area contributed by atoms with E-state index in [1.807, 2.05) is 42.5 Å². The van der Waals surface area contributed by atoms with Crippen molar-refractivity contribution in [3.63, 3.8) is 0 Å². The van der Waals surface area contributed by atoms with Crippen molar-refractivity contribution in [3.8, 4) is 0 Å². The quantitative estimate of drug-likeness (QED) is 0.657. The zero-order valence-electron chi connectivity index (χ0n) is 15.8. The minimum absolute atomic E-state index is 0.149. The molecule has 0 bridgehead atoms. The predicted molar refractivity (Wildman–Crippen MR) is 114 cm³/mol. The van der Waals surface area contributed by atoms with Crippen LogP contribution in [0.2, 0.25) is 0 Å². The van der Waals surface area contributed by atoms with Gasteiger partial charge >= 0.3 is 0 Å². The molecule has 0 spiro atoms. The first-order valence-corrected chi connectivity index (χ1v) is 9.72. The van der Waals surface area contributed by atoms with Crippen LogP contribution in [0.1, 0.15) is 29.6 Å². The number of rotatable bonds is 5. The first kappa shape index (κ1) is 18.0. The van der Waals surface area contributed by atoms with Crippen molar-refractivity contribution in [2.75, 3.05) is 28.6 Å². The lowest BCUT2D eigenvalue weighted by Gasteiger charge is -2.28. The van der Waals surface area contributed by atoms with Gasteiger partial charge in [-0.2, -0.15) is 0 Å². The molecule has 1 aromatic heterocycles. The molecule has 0 atom stereocenters. The zero-order valence-corrected chi connectivity index (χ0v) is 15.8. The number of aromatic nitrogens is 1. The van der Waals surface area contributed by atoms with Crippen LogP contribution in [-0.4, -0.2) is 24.0 Å². The molecule has 1 aliphatic heterocycles. The maximum absolute atomic E-state index is 12.6. The molecule has 1 fully saturated rings. The molecule has 0 aliphatic carbocycles. The summed E-state index contributed by atoms with van der Waals surface area (Å²) in [6.45, 7) is 2.22. The highest BCUT2D eigenvalue weighted by atomic mass is 16.1. The second-order valence-corrected chi connectivity index (χ2v) is 6.97. The average molecular weight is 372 g/mol. The lowest BCUT2D eigenvalue weighted by atomic mass is 10.1. The van der Waals surface area contributed by atoms with Gasteiger partial charge in [-0.1, -0.05) is 18.2 Å². The summed E-state index contributed by atoms with van der Waals surface area (Å²) in [4.78, 5) is 19.3. The normalized spacial score (nSPS) is 13.8. The fourth-order valence-electron chi connectivity index (χ4n) is 3.42. The topological polar surface area (TPSA) is 57.3 Å². The third-order valence-corrected chi connectivity index (χ3v) is 4.91. The van der Waals surface area contributed by atoms with Crippen LogP contribution in [0, 0.1) is 0 Å². The Hall–Kier alpha value is -3.34. The minimum Gasteiger partial charge on any atom is -0.372 e. The highest BCUT2D eigenvalue weighted by Gasteiger charge is 2.12. The van der Waals surface area contributed by atoms with Gasteiger partial charge in [-0.05, 0) is 67.8 Å². The van der Waals surface area contributed by atoms with Crippen LogP contribution in [0.4, 0.5) is 22.9 Å². The van der Waals surface area contributed by atoms with Crippen LogP contribution in [0.15, 0.2) is 72.9 Å². The van der Waals surface area contributed by atoms with Crippen LogP contribution >= 0.6 is 0 Å². The van der Waals surface area contributed by atoms with Crippen LogP contribution in [-0.2, 0) is 0 Å². The average Bonchev–Trinajstić information content (AvgIpc) is 2.76. The number of nitrogens with zero attached hydrogens (tertiary/aromatic N) is 2. The molecular weight excluding hydrogens is 348 g/mol. The number of hydrogen-bond donors (Lipinski definition) is 2. The van der Waals surface area contributed by atoms with E-state index in [0.29, 0.717) is 11.4 Å². The van der Waals surface area contributed by atoms with Crippen LogP contribution in [0.25, 0.3) is 0 Å². The Labute approximate surface area is 165 Å². The summed E-state index contributed by atoms with van der Waals surface area (Å²) >= 11 is 0. The van der Waals surface area contributed by atoms with Crippen molar-refractivity contribution in [3.05, 3.63) is 78.5 Å². The van der Waals surface area contributed by atoms with Crippen molar-refractivity contribution >= 4 is 28.8 Å². The molecule has 5 nitrogen and oxygen atoms in total. The summed E-state index contributed by atoms with van der Waals surface area (Å²) < 4.78 is 0. The first-order valence-electron chi connectivity index (χ1n) is 9.72. The molecule has 28 heavy (non-hydrogen) atoms. The Kier molecular flexibility index (Phi) is 5.52. The molecule has 0 unspecified atom stereocenters. The van der Waals surface area contributed by atoms with Gasteiger partial charge in [0.15, 0.2) is 0 Å². The Morgan fingerprint density at radius 1 is 0.857 bits per heavy atom. The summed E-state index contributed by atoms with van der Waals surface area (Å²) in [5.41, 5.74) is 3.51. The molecule has 2 heterocycles. The molecule has 5 heteroatoms. The van der Waals surface area contributed by atoms with Crippen LogP contribution < -0.4 is 15.5 Å². The van der Waals surface area contributed by atoms with E-state index in [1.54, 1.807) is 18.3 Å². The lowest BCUT2D eigenvalue weighted by Crippen LogP contribution is -2.29. The van der Waals surface area contributed by atoms with E-state index < -0.39 is 0 Å². The van der Waals surface area contributed by atoms with E-state index >= 15 is 0 Å². The van der Waals surface area contributed by atoms with Crippen molar-refractivity contribution < 1.29 is 4.79 Å². The fraction of sp³-hybridized carbons (Fsp3) is 0.217. The van der Waals surface area contributed by atoms with Crippen molar-refractivity contribution in [1.29, 1.82) is 0 Å². The van der Waals surface area contributed by atoms with E-state index in [1.165, 1.54) is 24.9 Å². The van der Waals surface area contributed by atoms with Gasteiger partial charge in [-0.25, -0.2) is 4.98 Å². The molecule has 3 aromatic rings. The molecule has 2 N–H and O–H groups in total. The molecule has 142 valence electrons. The number of nitrogens with one attached hydrogen (secondary N) is 2. The highest BCUT2D eigenvalue weighted by Crippen LogP contribution is 2.22. The molecule has 1 aliphatic rings. The van der Waals surface area contributed by atoms with Crippen molar-refractivity contribution in [1.82, 2.24) is 4.98 Å². The molecular formula is C23H24N4O. The lowest BCUT2D eigenvalue weighted by molar-refractivity contribution is 0.102. The number of para-hydroxylation sites is 1. The Morgan fingerprint density at radius 3 is 2.36 bits per heavy atom. The predicted octanol–water partition coefficient (Wildman–Crippen LogP) is 5.07. The number of benzene rings is 2. The maximum Gasteiger partial charge on any atom is 0.255 e. The van der Waals surface area contributed by atoms with Crippen molar-refractivity contribution in [2.24, 2.45) is 0 Å². The first-order chi connectivity index (χ1) is 13.8. The van der Waals surface area contributed by atoms with Crippen LogP contribution in [0.3, 0.4) is 0 Å². The van der Waals surface area contributed by atoms with Crippen molar-refractivity contribution in [2.45, 2.75) is 19.3 Å². The molecule has 2 aromatic carbocycles. The monoisotopic (exact) mass is 372 g/mol. The number of carbonyl (C=O) groups is 1. The molecule has 0 radical (unpaired) electrons. The molecule has 1 saturated heterocycles. The second kappa shape index (κ2) is 8.57. The van der Waals surface area contributed by atoms with Gasteiger partial charge in [0, 0.05) is 41.9 Å². The molecule has 1 amide bonds. The van der Waals surface area contributed by atoms with Crippen LogP contribution in [0.5, 0.6) is 0 Å². The summed E-state index contributed by atoms with van der Waals surface area (Å²) in [7, 11) is 0. The summed E-state index contributed by atoms with van der Waals surface area (Å²) in [5, 5.41) is 6.18. The van der Waals surface area contributed by atoms with E-state index in [9.17, 15) is 4.79 Å². The Morgan fingerprint density at radius 2 is 1.61 bits per heavy atom. The van der Waals surface area contributed by atoms with Gasteiger partial charge in [-0.3, -0.25) is 4.79 Å². The third-order valence-electron chi connectivity index (χ3n) is 4.91. The number of hydrogen-bond acceptors (Lipinski definition) is 4. The maximum atomic E-state index is 12.6. The van der Waals surface area contributed by atoms with Gasteiger partial charge in [0.05, 0.1) is 0 Å². The smallest absolute Gasteiger partial charge is 0.255 e. The van der Waals surface area contributed by atoms with E-state index in [-0.39, 0.29) is 5.91 Å². The Bertz CT molecular complexity index is 919. The SMILES string of the molecule is O=C(Nc1ccc(N2CCCCC2)cc1)c1ccnc(Nc2ccccc2)c1. The molecule has 4 rings (SSSR count). The van der Waals surface area contributed by atoms with E-state index in [4.69, 9.17) is 0 Å². The fourth-order valence-corrected chi connectivity index (χ4v) is 3.42. The Balaban J connectivity index is 1.41. The molecule has 0 saturated carbocycles. The summed E-state index contributed by atoms with van der Waals surface area (Å²) in [6, 6.07) is 21.3. The van der Waals surface area contributed by atoms with E-state index in [0.717, 1.165) is 24.5 Å². The largest absolute Gasteiger partial charge is 0.372 e. The van der Waals surface area contributed by atoms with E-state index in [2.05, 4.69) is 32.7 Å². The van der Waals surface area contributed by atoms with Gasteiger partial charge in [0.25, 0.3) is 5.91 Å². The summed E-state index contributed by atoms with van der Waals surface area (Å²) in [5.74, 6) is 0.489. The number of anilines is 4. The standard InChI is InChI=1S/C23H24N4O/c28-23(18-13-14-24-22(17-18)25-19-7-3-1-4-8-19)26-20-9-11-21(12-10-20)27-15-5-2-6-16-27/h1,3-4,7-14,17H,2,5-6,15-16H2,(H,24,25)(H,26,28).